The van der Waals surface area contributed by atoms with Crippen molar-refractivity contribution in [3.63, 3.8) is 0 Å². The Kier molecular flexibility index (Phi) is 3.56. The lowest BCUT2D eigenvalue weighted by atomic mass is 9.73. The van der Waals surface area contributed by atoms with E-state index in [4.69, 9.17) is 4.43 Å². The zero-order chi connectivity index (χ0) is 11.7. The molecule has 0 aliphatic heterocycles. The third-order valence-electron chi connectivity index (χ3n) is 3.10. The van der Waals surface area contributed by atoms with Crippen molar-refractivity contribution in [1.29, 1.82) is 0 Å². The van der Waals surface area contributed by atoms with Gasteiger partial charge in [0.2, 0.25) is 0 Å². The van der Waals surface area contributed by atoms with Crippen LogP contribution >= 0.6 is 0 Å². The standard InChI is InChI=1S/C12H22O2Si/c1-10-8-11(13)6-7-12(10,2)9-14-15(3,4)5/h6-7,10H,8-9H2,1-5H3/t10-,12-/m1/s1. The Hall–Kier alpha value is -0.413. The second kappa shape index (κ2) is 4.22. The van der Waals surface area contributed by atoms with Gasteiger partial charge in [-0.1, -0.05) is 19.9 Å². The third-order valence-corrected chi connectivity index (χ3v) is 4.11. The molecule has 0 aromatic heterocycles. The SMILES string of the molecule is C[C@@H]1CC(=O)C=C[C@]1(C)CO[Si](C)(C)C. The van der Waals surface area contributed by atoms with Gasteiger partial charge >= 0.3 is 0 Å². The minimum Gasteiger partial charge on any atom is -0.417 e. The van der Waals surface area contributed by atoms with Gasteiger partial charge in [-0.3, -0.25) is 4.79 Å². The summed E-state index contributed by atoms with van der Waals surface area (Å²) in [5, 5.41) is 0. The van der Waals surface area contributed by atoms with Crippen molar-refractivity contribution in [2.24, 2.45) is 11.3 Å². The molecule has 0 aromatic rings. The van der Waals surface area contributed by atoms with Crippen LogP contribution in [0.5, 0.6) is 0 Å². The molecule has 1 aliphatic rings. The molecule has 1 rings (SSSR count). The highest BCUT2D eigenvalue weighted by Gasteiger charge is 2.34. The number of ketones is 1. The van der Waals surface area contributed by atoms with Crippen LogP contribution in [-0.2, 0) is 9.22 Å². The van der Waals surface area contributed by atoms with Crippen molar-refractivity contribution in [2.75, 3.05) is 6.61 Å². The second-order valence-electron chi connectivity index (χ2n) is 5.81. The molecule has 0 saturated carbocycles. The smallest absolute Gasteiger partial charge is 0.183 e. The van der Waals surface area contributed by atoms with Crippen molar-refractivity contribution in [3.8, 4) is 0 Å². The van der Waals surface area contributed by atoms with Crippen molar-refractivity contribution < 1.29 is 9.22 Å². The number of carbonyl (C=O) groups is 1. The summed E-state index contributed by atoms with van der Waals surface area (Å²) in [6, 6.07) is 0. The second-order valence-corrected chi connectivity index (χ2v) is 10.3. The van der Waals surface area contributed by atoms with Crippen LogP contribution in [0.1, 0.15) is 20.3 Å². The number of rotatable bonds is 3. The Morgan fingerprint density at radius 3 is 2.60 bits per heavy atom. The van der Waals surface area contributed by atoms with E-state index in [-0.39, 0.29) is 11.2 Å². The summed E-state index contributed by atoms with van der Waals surface area (Å²) in [4.78, 5) is 11.2. The summed E-state index contributed by atoms with van der Waals surface area (Å²) < 4.78 is 5.95. The molecule has 15 heavy (non-hydrogen) atoms. The normalized spacial score (nSPS) is 32.1. The molecule has 3 heteroatoms. The zero-order valence-electron chi connectivity index (χ0n) is 10.5. The van der Waals surface area contributed by atoms with Gasteiger partial charge in [-0.25, -0.2) is 0 Å². The first kappa shape index (κ1) is 12.7. The van der Waals surface area contributed by atoms with Gasteiger partial charge in [-0.05, 0) is 31.6 Å². The first-order valence-corrected chi connectivity index (χ1v) is 9.00. The Morgan fingerprint density at radius 2 is 2.13 bits per heavy atom. The lowest BCUT2D eigenvalue weighted by Crippen LogP contribution is -2.38. The van der Waals surface area contributed by atoms with Crippen LogP contribution in [0.4, 0.5) is 0 Å². The van der Waals surface area contributed by atoms with E-state index in [1.807, 2.05) is 6.08 Å². The molecular weight excluding hydrogens is 204 g/mol. The summed E-state index contributed by atoms with van der Waals surface area (Å²) >= 11 is 0. The fraction of sp³-hybridized carbons (Fsp3) is 0.750. The number of hydrogen-bond donors (Lipinski definition) is 0. The van der Waals surface area contributed by atoms with Crippen molar-refractivity contribution in [1.82, 2.24) is 0 Å². The van der Waals surface area contributed by atoms with Crippen LogP contribution in [0.2, 0.25) is 19.6 Å². The average Bonchev–Trinajstić information content (AvgIpc) is 2.08. The Labute approximate surface area is 93.8 Å². The third kappa shape index (κ3) is 3.58. The number of carbonyl (C=O) groups excluding carboxylic acids is 1. The molecule has 0 amide bonds. The molecule has 0 bridgehead atoms. The highest BCUT2D eigenvalue weighted by Crippen LogP contribution is 2.35. The van der Waals surface area contributed by atoms with Crippen LogP contribution in [-0.4, -0.2) is 20.7 Å². The summed E-state index contributed by atoms with van der Waals surface area (Å²) in [7, 11) is -1.45. The van der Waals surface area contributed by atoms with E-state index in [0.717, 1.165) is 6.61 Å². The maximum absolute atomic E-state index is 11.2. The lowest BCUT2D eigenvalue weighted by Gasteiger charge is -2.37. The molecule has 0 unspecified atom stereocenters. The number of hydrogen-bond acceptors (Lipinski definition) is 2. The van der Waals surface area contributed by atoms with Crippen LogP contribution < -0.4 is 0 Å². The molecule has 86 valence electrons. The molecule has 0 spiro atoms. The van der Waals surface area contributed by atoms with E-state index in [1.165, 1.54) is 0 Å². The zero-order valence-corrected chi connectivity index (χ0v) is 11.5. The first-order chi connectivity index (χ1) is 6.73. The van der Waals surface area contributed by atoms with E-state index in [0.29, 0.717) is 12.3 Å². The monoisotopic (exact) mass is 226 g/mol. The topological polar surface area (TPSA) is 26.3 Å². The van der Waals surface area contributed by atoms with Gasteiger partial charge in [0.05, 0.1) is 0 Å². The maximum Gasteiger partial charge on any atom is 0.183 e. The van der Waals surface area contributed by atoms with E-state index in [9.17, 15) is 4.79 Å². The molecule has 0 fully saturated rings. The Morgan fingerprint density at radius 1 is 1.53 bits per heavy atom. The summed E-state index contributed by atoms with van der Waals surface area (Å²) in [6.45, 7) is 11.6. The van der Waals surface area contributed by atoms with Gasteiger partial charge in [-0.2, -0.15) is 0 Å². The Bertz CT molecular complexity index is 278. The van der Waals surface area contributed by atoms with Crippen molar-refractivity contribution in [3.05, 3.63) is 12.2 Å². The van der Waals surface area contributed by atoms with E-state index < -0.39 is 8.32 Å². The van der Waals surface area contributed by atoms with E-state index in [1.54, 1.807) is 6.08 Å². The predicted molar refractivity (Wildman–Crippen MR) is 65.3 cm³/mol. The average molecular weight is 226 g/mol. The quantitative estimate of drug-likeness (QED) is 0.692. The Balaban J connectivity index is 2.66. The van der Waals surface area contributed by atoms with Gasteiger partial charge in [-0.15, -0.1) is 0 Å². The lowest BCUT2D eigenvalue weighted by molar-refractivity contribution is -0.117. The van der Waals surface area contributed by atoms with Crippen molar-refractivity contribution >= 4 is 14.1 Å². The molecule has 2 atom stereocenters. The highest BCUT2D eigenvalue weighted by atomic mass is 28.4. The highest BCUT2D eigenvalue weighted by molar-refractivity contribution is 6.69. The van der Waals surface area contributed by atoms with Crippen LogP contribution in [0, 0.1) is 11.3 Å². The van der Waals surface area contributed by atoms with Crippen LogP contribution in [0.3, 0.4) is 0 Å². The summed E-state index contributed by atoms with van der Waals surface area (Å²) in [6.07, 6.45) is 4.40. The fourth-order valence-electron chi connectivity index (χ4n) is 1.61. The minimum absolute atomic E-state index is 0.0359. The molecule has 2 nitrogen and oxygen atoms in total. The maximum atomic E-state index is 11.2. The fourth-order valence-corrected chi connectivity index (χ4v) is 2.36. The molecule has 0 N–H and O–H groups in total. The molecular formula is C12H22O2Si. The molecule has 1 aliphatic carbocycles. The van der Waals surface area contributed by atoms with Gasteiger partial charge in [0, 0.05) is 18.4 Å². The molecule has 0 saturated heterocycles. The van der Waals surface area contributed by atoms with E-state index >= 15 is 0 Å². The van der Waals surface area contributed by atoms with Crippen LogP contribution in [0.15, 0.2) is 12.2 Å². The van der Waals surface area contributed by atoms with Gasteiger partial charge in [0.1, 0.15) is 0 Å². The predicted octanol–water partition coefficient (Wildman–Crippen LogP) is 3.01. The molecule has 0 aromatic carbocycles. The summed E-state index contributed by atoms with van der Waals surface area (Å²) in [5.41, 5.74) is 0.0359. The summed E-state index contributed by atoms with van der Waals surface area (Å²) in [5.74, 6) is 0.624. The van der Waals surface area contributed by atoms with E-state index in [2.05, 4.69) is 33.5 Å². The van der Waals surface area contributed by atoms with Crippen molar-refractivity contribution in [2.45, 2.75) is 39.9 Å². The first-order valence-electron chi connectivity index (χ1n) is 5.59. The van der Waals surface area contributed by atoms with Gasteiger partial charge < -0.3 is 4.43 Å². The van der Waals surface area contributed by atoms with Gasteiger partial charge in [0.15, 0.2) is 14.1 Å². The number of allylic oxidation sites excluding steroid dienone is 1. The minimum atomic E-state index is -1.45. The molecule has 0 heterocycles. The largest absolute Gasteiger partial charge is 0.417 e. The van der Waals surface area contributed by atoms with Gasteiger partial charge in [0.25, 0.3) is 0 Å². The van der Waals surface area contributed by atoms with Crippen LogP contribution in [0.25, 0.3) is 0 Å². The molecule has 0 radical (unpaired) electrons.